The van der Waals surface area contributed by atoms with Crippen molar-refractivity contribution in [1.29, 1.82) is 0 Å². The van der Waals surface area contributed by atoms with E-state index in [1.165, 1.54) is 0 Å². The van der Waals surface area contributed by atoms with Gasteiger partial charge in [0.2, 0.25) is 0 Å². The number of aromatic nitrogens is 2. The maximum absolute atomic E-state index is 11.2. The first-order chi connectivity index (χ1) is 11.9. The van der Waals surface area contributed by atoms with Crippen molar-refractivity contribution in [2.24, 2.45) is 0 Å². The van der Waals surface area contributed by atoms with Crippen LogP contribution in [0.1, 0.15) is 44.3 Å². The number of aryl methyl sites for hydroxylation is 3. The maximum Gasteiger partial charge on any atom is 0.335 e. The van der Waals surface area contributed by atoms with Crippen molar-refractivity contribution in [3.05, 3.63) is 82.4 Å². The van der Waals surface area contributed by atoms with Gasteiger partial charge in [-0.3, -0.25) is 0 Å². The summed E-state index contributed by atoms with van der Waals surface area (Å²) in [5, 5.41) is 20.2. The second-order valence-electron chi connectivity index (χ2n) is 6.24. The molecule has 0 aliphatic carbocycles. The van der Waals surface area contributed by atoms with Crippen LogP contribution in [0.2, 0.25) is 0 Å². The van der Waals surface area contributed by atoms with Crippen LogP contribution in [-0.2, 0) is 0 Å². The van der Waals surface area contributed by atoms with E-state index in [0.29, 0.717) is 0 Å². The van der Waals surface area contributed by atoms with Crippen LogP contribution < -0.4 is 0 Å². The van der Waals surface area contributed by atoms with Gasteiger partial charge in [-0.25, -0.2) is 9.78 Å². The number of nitrogens with zero attached hydrogens (tertiary/aromatic N) is 2. The zero-order chi connectivity index (χ0) is 18.1. The molecule has 26 heavy (non-hydrogen) atoms. The SMILES string of the molecule is Cc1ccc(-n2ccnc2)cc1[C@H](O)c1c(C)cc(C(=O)O)cc1C.O. The van der Waals surface area contributed by atoms with Crippen LogP contribution in [0.25, 0.3) is 5.69 Å². The fourth-order valence-corrected chi connectivity index (χ4v) is 3.18. The molecule has 0 saturated heterocycles. The van der Waals surface area contributed by atoms with Crippen molar-refractivity contribution in [2.75, 3.05) is 0 Å². The lowest BCUT2D eigenvalue weighted by Crippen LogP contribution is -2.09. The Bertz CT molecular complexity index is 910. The second kappa shape index (κ2) is 7.51. The molecule has 0 spiro atoms. The third-order valence-electron chi connectivity index (χ3n) is 4.47. The van der Waals surface area contributed by atoms with E-state index in [0.717, 1.165) is 33.5 Å². The number of hydrogen-bond acceptors (Lipinski definition) is 3. The number of aliphatic hydroxyl groups is 1. The number of carboxylic acids is 1. The summed E-state index contributed by atoms with van der Waals surface area (Å²) in [5.41, 5.74) is 5.17. The Hall–Kier alpha value is -2.96. The lowest BCUT2D eigenvalue weighted by Gasteiger charge is -2.20. The standard InChI is InChI=1S/C20H20N2O3.H2O/c1-12-4-5-16(22-7-6-21-11-22)10-17(12)19(23)18-13(2)8-15(20(24)25)9-14(18)3;/h4-11,19,23H,1-3H3,(H,24,25);1H2/t19-;/m0./s1. The Morgan fingerprint density at radius 3 is 2.27 bits per heavy atom. The number of aliphatic hydroxyl groups excluding tert-OH is 1. The van der Waals surface area contributed by atoms with Crippen LogP contribution in [0.3, 0.4) is 0 Å². The molecule has 0 fully saturated rings. The Kier molecular flexibility index (Phi) is 5.59. The van der Waals surface area contributed by atoms with E-state index in [1.54, 1.807) is 24.7 Å². The highest BCUT2D eigenvalue weighted by Gasteiger charge is 2.20. The molecule has 0 saturated carbocycles. The molecule has 136 valence electrons. The van der Waals surface area contributed by atoms with Crippen molar-refractivity contribution in [1.82, 2.24) is 9.55 Å². The molecule has 1 atom stereocenters. The zero-order valence-electron chi connectivity index (χ0n) is 14.9. The maximum atomic E-state index is 11.2. The van der Waals surface area contributed by atoms with Crippen LogP contribution in [0.5, 0.6) is 0 Å². The van der Waals surface area contributed by atoms with E-state index >= 15 is 0 Å². The Balaban J connectivity index is 0.00000243. The Labute approximate surface area is 151 Å². The predicted octanol–water partition coefficient (Wildman–Crippen LogP) is 2.75. The molecule has 1 aromatic heterocycles. The fraction of sp³-hybridized carbons (Fsp3) is 0.200. The first-order valence-electron chi connectivity index (χ1n) is 8.00. The van der Waals surface area contributed by atoms with Gasteiger partial charge in [0.25, 0.3) is 0 Å². The molecule has 0 aliphatic rings. The molecule has 0 amide bonds. The van der Waals surface area contributed by atoms with Gasteiger partial charge in [-0.2, -0.15) is 0 Å². The summed E-state index contributed by atoms with van der Waals surface area (Å²) in [7, 11) is 0. The minimum Gasteiger partial charge on any atom is -0.478 e. The third-order valence-corrected chi connectivity index (χ3v) is 4.47. The highest BCUT2D eigenvalue weighted by atomic mass is 16.4. The van der Waals surface area contributed by atoms with Gasteiger partial charge in [-0.15, -0.1) is 0 Å². The summed E-state index contributed by atoms with van der Waals surface area (Å²) in [6.07, 6.45) is 4.43. The average Bonchev–Trinajstić information content (AvgIpc) is 3.08. The predicted molar refractivity (Wildman–Crippen MR) is 98.9 cm³/mol. The molecule has 0 unspecified atom stereocenters. The van der Waals surface area contributed by atoms with Crippen molar-refractivity contribution >= 4 is 5.97 Å². The molecule has 6 heteroatoms. The molecule has 6 nitrogen and oxygen atoms in total. The van der Waals surface area contributed by atoms with Crippen molar-refractivity contribution in [3.63, 3.8) is 0 Å². The number of carbonyl (C=O) groups is 1. The quantitative estimate of drug-likeness (QED) is 0.751. The number of hydrogen-bond donors (Lipinski definition) is 2. The lowest BCUT2D eigenvalue weighted by atomic mass is 9.89. The Morgan fingerprint density at radius 2 is 1.73 bits per heavy atom. The first kappa shape index (κ1) is 19.4. The molecule has 0 radical (unpaired) electrons. The van der Waals surface area contributed by atoms with Crippen LogP contribution in [0, 0.1) is 20.8 Å². The molecular formula is C20H22N2O4. The molecule has 1 heterocycles. The van der Waals surface area contributed by atoms with Gasteiger partial charge < -0.3 is 20.3 Å². The largest absolute Gasteiger partial charge is 0.478 e. The van der Waals surface area contributed by atoms with Crippen LogP contribution in [0.15, 0.2) is 49.1 Å². The van der Waals surface area contributed by atoms with E-state index in [9.17, 15) is 15.0 Å². The summed E-state index contributed by atoms with van der Waals surface area (Å²) in [6.45, 7) is 5.60. The van der Waals surface area contributed by atoms with E-state index in [-0.39, 0.29) is 11.0 Å². The third kappa shape index (κ3) is 3.51. The second-order valence-corrected chi connectivity index (χ2v) is 6.24. The summed E-state index contributed by atoms with van der Waals surface area (Å²) in [4.78, 5) is 15.3. The molecule has 2 aromatic carbocycles. The summed E-state index contributed by atoms with van der Waals surface area (Å²) in [5.74, 6) is -0.967. The van der Waals surface area contributed by atoms with Crippen molar-refractivity contribution in [2.45, 2.75) is 26.9 Å². The van der Waals surface area contributed by atoms with Crippen LogP contribution in [0.4, 0.5) is 0 Å². The van der Waals surface area contributed by atoms with E-state index in [4.69, 9.17) is 0 Å². The fourth-order valence-electron chi connectivity index (χ4n) is 3.18. The van der Waals surface area contributed by atoms with Crippen molar-refractivity contribution < 1.29 is 20.5 Å². The summed E-state index contributed by atoms with van der Waals surface area (Å²) < 4.78 is 1.88. The normalized spacial score (nSPS) is 11.7. The molecule has 3 aromatic rings. The number of imidazole rings is 1. The highest BCUT2D eigenvalue weighted by Crippen LogP contribution is 2.31. The van der Waals surface area contributed by atoms with Gasteiger partial charge in [-0.1, -0.05) is 6.07 Å². The molecule has 3 rings (SSSR count). The topological polar surface area (TPSA) is 107 Å². The average molecular weight is 354 g/mol. The highest BCUT2D eigenvalue weighted by molar-refractivity contribution is 5.88. The van der Waals surface area contributed by atoms with Gasteiger partial charge in [0, 0.05) is 18.1 Å². The van der Waals surface area contributed by atoms with Gasteiger partial charge in [0.05, 0.1) is 11.9 Å². The molecule has 0 aliphatic heterocycles. The molecule has 0 bridgehead atoms. The van der Waals surface area contributed by atoms with E-state index in [2.05, 4.69) is 4.98 Å². The van der Waals surface area contributed by atoms with E-state index < -0.39 is 12.1 Å². The number of carboxylic acid groups (broad SMARTS) is 1. The van der Waals surface area contributed by atoms with Gasteiger partial charge >= 0.3 is 5.97 Å². The van der Waals surface area contributed by atoms with Crippen molar-refractivity contribution in [3.8, 4) is 5.69 Å². The first-order valence-corrected chi connectivity index (χ1v) is 8.00. The number of benzene rings is 2. The zero-order valence-corrected chi connectivity index (χ0v) is 14.9. The van der Waals surface area contributed by atoms with Gasteiger partial charge in [-0.05, 0) is 72.9 Å². The Morgan fingerprint density at radius 1 is 1.08 bits per heavy atom. The van der Waals surface area contributed by atoms with Gasteiger partial charge in [0.15, 0.2) is 0 Å². The minimum atomic E-state index is -0.967. The summed E-state index contributed by atoms with van der Waals surface area (Å²) in [6, 6.07) is 9.07. The van der Waals surface area contributed by atoms with Gasteiger partial charge in [0.1, 0.15) is 6.10 Å². The van der Waals surface area contributed by atoms with Crippen LogP contribution >= 0.6 is 0 Å². The summed E-state index contributed by atoms with van der Waals surface area (Å²) >= 11 is 0. The number of aromatic carboxylic acids is 1. The monoisotopic (exact) mass is 354 g/mol. The molecular weight excluding hydrogens is 332 g/mol. The lowest BCUT2D eigenvalue weighted by molar-refractivity contribution is 0.0696. The van der Waals surface area contributed by atoms with E-state index in [1.807, 2.05) is 49.7 Å². The minimum absolute atomic E-state index is 0. The van der Waals surface area contributed by atoms with Crippen LogP contribution in [-0.4, -0.2) is 31.2 Å². The molecule has 4 N–H and O–H groups in total. The number of rotatable bonds is 4. The smallest absolute Gasteiger partial charge is 0.335 e.